The van der Waals surface area contributed by atoms with E-state index in [-0.39, 0.29) is 0 Å². The Hall–Kier alpha value is -6.58. The van der Waals surface area contributed by atoms with Gasteiger partial charge in [-0.15, -0.1) is 0 Å². The Bertz CT molecular complexity index is 2840. The molecular formula is C46H28N2O. The van der Waals surface area contributed by atoms with Gasteiger partial charge in [0.05, 0.1) is 5.39 Å². The number of aromatic nitrogens is 2. The van der Waals surface area contributed by atoms with E-state index >= 15 is 0 Å². The molecule has 0 amide bonds. The molecule has 0 aliphatic rings. The molecule has 0 radical (unpaired) electrons. The van der Waals surface area contributed by atoms with E-state index in [0.717, 1.165) is 49.7 Å². The summed E-state index contributed by atoms with van der Waals surface area (Å²) in [6.07, 6.45) is 1.91. The second-order valence-corrected chi connectivity index (χ2v) is 12.6. The van der Waals surface area contributed by atoms with Gasteiger partial charge in [-0.05, 0) is 90.0 Å². The average Bonchev–Trinajstić information content (AvgIpc) is 3.56. The van der Waals surface area contributed by atoms with Crippen LogP contribution in [0.3, 0.4) is 0 Å². The summed E-state index contributed by atoms with van der Waals surface area (Å²) < 4.78 is 6.53. The van der Waals surface area contributed by atoms with E-state index in [2.05, 4.69) is 127 Å². The first-order valence-electron chi connectivity index (χ1n) is 16.6. The first kappa shape index (κ1) is 27.5. The van der Waals surface area contributed by atoms with Gasteiger partial charge in [-0.25, -0.2) is 4.98 Å². The minimum Gasteiger partial charge on any atom is -0.438 e. The third-order valence-corrected chi connectivity index (χ3v) is 9.72. The summed E-state index contributed by atoms with van der Waals surface area (Å²) in [4.78, 5) is 9.67. The second kappa shape index (κ2) is 11.0. The molecule has 0 N–H and O–H groups in total. The Morgan fingerprint density at radius 2 is 0.939 bits per heavy atom. The zero-order valence-corrected chi connectivity index (χ0v) is 26.5. The standard InChI is InChI=1S/C46H28N2O/c1-3-12-29(13-4-1)34-26-40(44-42-28-47-45(30-14-5-2-6-15-30)48-46(42)49-43(44)27-34)33-17-11-16-31(24-33)32-22-23-39-37-20-8-7-18-35(37)36-19-9-10-21-38(36)41(39)25-32/h1-28H. The van der Waals surface area contributed by atoms with Crippen molar-refractivity contribution in [3.8, 4) is 44.8 Å². The summed E-state index contributed by atoms with van der Waals surface area (Å²) in [7, 11) is 0. The van der Waals surface area contributed by atoms with E-state index in [4.69, 9.17) is 14.4 Å². The quantitative estimate of drug-likeness (QED) is 0.183. The van der Waals surface area contributed by atoms with Crippen LogP contribution in [0, 0.1) is 0 Å². The van der Waals surface area contributed by atoms with Gasteiger partial charge in [0, 0.05) is 17.1 Å². The molecule has 0 spiro atoms. The van der Waals surface area contributed by atoms with Gasteiger partial charge in [0.2, 0.25) is 5.71 Å². The van der Waals surface area contributed by atoms with Gasteiger partial charge in [0.15, 0.2) is 5.82 Å². The fourth-order valence-corrected chi connectivity index (χ4v) is 7.40. The van der Waals surface area contributed by atoms with Gasteiger partial charge in [-0.1, -0.05) is 140 Å². The van der Waals surface area contributed by atoms with Gasteiger partial charge in [0.25, 0.3) is 0 Å². The topological polar surface area (TPSA) is 38.9 Å². The average molecular weight is 625 g/mol. The smallest absolute Gasteiger partial charge is 0.230 e. The summed E-state index contributed by atoms with van der Waals surface area (Å²) in [6, 6.07) is 58.1. The zero-order chi connectivity index (χ0) is 32.3. The molecule has 0 saturated heterocycles. The van der Waals surface area contributed by atoms with E-state index in [1.807, 2.05) is 42.6 Å². The second-order valence-electron chi connectivity index (χ2n) is 12.6. The highest BCUT2D eigenvalue weighted by Gasteiger charge is 2.18. The maximum absolute atomic E-state index is 6.53. The molecule has 0 aliphatic heterocycles. The number of hydrogen-bond acceptors (Lipinski definition) is 3. The molecule has 2 heterocycles. The van der Waals surface area contributed by atoms with Gasteiger partial charge >= 0.3 is 0 Å². The van der Waals surface area contributed by atoms with Crippen molar-refractivity contribution in [2.75, 3.05) is 0 Å². The number of nitrogens with zero attached hydrogens (tertiary/aromatic N) is 2. The lowest BCUT2D eigenvalue weighted by Gasteiger charge is -2.13. The molecule has 0 atom stereocenters. The van der Waals surface area contributed by atoms with Gasteiger partial charge < -0.3 is 4.42 Å². The van der Waals surface area contributed by atoms with E-state index in [1.54, 1.807) is 0 Å². The Morgan fingerprint density at radius 3 is 1.65 bits per heavy atom. The van der Waals surface area contributed by atoms with Crippen LogP contribution in [-0.4, -0.2) is 9.97 Å². The first-order chi connectivity index (χ1) is 24.3. The minimum absolute atomic E-state index is 0.583. The van der Waals surface area contributed by atoms with Crippen LogP contribution in [0.25, 0.3) is 99.2 Å². The van der Waals surface area contributed by atoms with Crippen LogP contribution in [0.1, 0.15) is 0 Å². The summed E-state index contributed by atoms with van der Waals surface area (Å²) in [5, 5.41) is 9.56. The lowest BCUT2D eigenvalue weighted by Crippen LogP contribution is -1.89. The Balaban J connectivity index is 1.18. The number of furan rings is 1. The molecule has 0 bridgehead atoms. The van der Waals surface area contributed by atoms with E-state index < -0.39 is 0 Å². The molecule has 228 valence electrons. The lowest BCUT2D eigenvalue weighted by molar-refractivity contribution is 0.653. The van der Waals surface area contributed by atoms with Crippen molar-refractivity contribution in [1.29, 1.82) is 0 Å². The highest BCUT2D eigenvalue weighted by atomic mass is 16.3. The molecule has 0 unspecified atom stereocenters. The summed E-state index contributed by atoms with van der Waals surface area (Å²) in [5.74, 6) is 0.649. The van der Waals surface area contributed by atoms with Gasteiger partial charge in [0.1, 0.15) is 5.58 Å². The third-order valence-electron chi connectivity index (χ3n) is 9.72. The maximum Gasteiger partial charge on any atom is 0.230 e. The lowest BCUT2D eigenvalue weighted by atomic mass is 9.90. The normalized spacial score (nSPS) is 11.7. The molecular weight excluding hydrogens is 597 g/mol. The Labute approximate surface area is 282 Å². The van der Waals surface area contributed by atoms with Crippen LogP contribution < -0.4 is 0 Å². The molecule has 2 aromatic heterocycles. The number of fused-ring (bicyclic) bond motifs is 9. The highest BCUT2D eigenvalue weighted by Crippen LogP contribution is 2.42. The number of rotatable bonds is 4. The predicted octanol–water partition coefficient (Wildman–Crippen LogP) is 12.5. The van der Waals surface area contributed by atoms with Gasteiger partial charge in [-0.3, -0.25) is 0 Å². The highest BCUT2D eigenvalue weighted by molar-refractivity contribution is 6.25. The van der Waals surface area contributed by atoms with Crippen molar-refractivity contribution in [2.24, 2.45) is 0 Å². The molecule has 0 aliphatic carbocycles. The van der Waals surface area contributed by atoms with Crippen molar-refractivity contribution in [3.05, 3.63) is 170 Å². The molecule has 10 aromatic rings. The monoisotopic (exact) mass is 624 g/mol. The largest absolute Gasteiger partial charge is 0.438 e. The van der Waals surface area contributed by atoms with Crippen molar-refractivity contribution in [2.45, 2.75) is 0 Å². The van der Waals surface area contributed by atoms with Crippen LogP contribution in [0.15, 0.2) is 174 Å². The van der Waals surface area contributed by atoms with Crippen molar-refractivity contribution < 1.29 is 4.42 Å². The summed E-state index contributed by atoms with van der Waals surface area (Å²) in [6.45, 7) is 0. The van der Waals surface area contributed by atoms with E-state index in [0.29, 0.717) is 11.5 Å². The first-order valence-corrected chi connectivity index (χ1v) is 16.6. The van der Waals surface area contributed by atoms with Crippen LogP contribution in [-0.2, 0) is 0 Å². The SMILES string of the molecule is c1ccc(-c2cc(-c3cccc(-c4ccc5c6ccccc6c6ccccc6c5c4)c3)c3c(c2)oc2nc(-c4ccccc4)ncc23)cc1. The molecule has 49 heavy (non-hydrogen) atoms. The number of hydrogen-bond donors (Lipinski definition) is 0. The van der Waals surface area contributed by atoms with Crippen LogP contribution >= 0.6 is 0 Å². The zero-order valence-electron chi connectivity index (χ0n) is 26.5. The predicted molar refractivity (Wildman–Crippen MR) is 204 cm³/mol. The summed E-state index contributed by atoms with van der Waals surface area (Å²) >= 11 is 0. The van der Waals surface area contributed by atoms with Gasteiger partial charge in [-0.2, -0.15) is 4.98 Å². The molecule has 3 heteroatoms. The van der Waals surface area contributed by atoms with Crippen molar-refractivity contribution in [3.63, 3.8) is 0 Å². The molecule has 3 nitrogen and oxygen atoms in total. The minimum atomic E-state index is 0.583. The van der Waals surface area contributed by atoms with Crippen molar-refractivity contribution in [1.82, 2.24) is 9.97 Å². The van der Waals surface area contributed by atoms with Crippen molar-refractivity contribution >= 4 is 54.4 Å². The third kappa shape index (κ3) is 4.51. The molecule has 10 rings (SSSR count). The van der Waals surface area contributed by atoms with Crippen LogP contribution in [0.4, 0.5) is 0 Å². The molecule has 8 aromatic carbocycles. The summed E-state index contributed by atoms with van der Waals surface area (Å²) in [5.41, 5.74) is 9.09. The fourth-order valence-electron chi connectivity index (χ4n) is 7.40. The molecule has 0 saturated carbocycles. The van der Waals surface area contributed by atoms with Crippen LogP contribution in [0.5, 0.6) is 0 Å². The van der Waals surface area contributed by atoms with E-state index in [9.17, 15) is 0 Å². The fraction of sp³-hybridized carbons (Fsp3) is 0. The van der Waals surface area contributed by atoms with E-state index in [1.165, 1.54) is 37.9 Å². The van der Waals surface area contributed by atoms with Crippen LogP contribution in [0.2, 0.25) is 0 Å². The Kier molecular flexibility index (Phi) is 6.18. The maximum atomic E-state index is 6.53. The Morgan fingerprint density at radius 1 is 0.367 bits per heavy atom. The number of benzene rings is 8. The molecule has 0 fully saturated rings.